The molecule has 1 aliphatic rings. The zero-order valence-corrected chi connectivity index (χ0v) is 17.5. The Hall–Kier alpha value is -2.49. The van der Waals surface area contributed by atoms with Crippen LogP contribution in [-0.2, 0) is 10.4 Å². The number of ketones is 1. The maximum absolute atomic E-state index is 12.7. The molecule has 0 spiro atoms. The molecule has 1 aliphatic heterocycles. The van der Waals surface area contributed by atoms with Crippen molar-refractivity contribution in [2.45, 2.75) is 24.0 Å². The number of aryl methyl sites for hydroxylation is 1. The van der Waals surface area contributed by atoms with Gasteiger partial charge >= 0.3 is 0 Å². The predicted molar refractivity (Wildman–Crippen MR) is 112 cm³/mol. The van der Waals surface area contributed by atoms with Crippen LogP contribution in [-0.4, -0.2) is 46.2 Å². The molecule has 4 rings (SSSR count). The minimum absolute atomic E-state index is 0.0828. The Morgan fingerprint density at radius 3 is 2.90 bits per heavy atom. The summed E-state index contributed by atoms with van der Waals surface area (Å²) in [4.78, 5) is 34.6. The third-order valence-corrected chi connectivity index (χ3v) is 7.02. The number of aromatic nitrogens is 2. The van der Waals surface area contributed by atoms with Gasteiger partial charge in [-0.25, -0.2) is 9.97 Å². The number of fused-ring (bicyclic) bond motifs is 1. The largest absolute Gasteiger partial charge is 0.497 e. The average molecular weight is 430 g/mol. The Morgan fingerprint density at radius 2 is 2.17 bits per heavy atom. The molecule has 0 saturated carbocycles. The number of thioether (sulfide) groups is 1. The molecule has 2 aromatic heterocycles. The van der Waals surface area contributed by atoms with E-state index in [0.717, 1.165) is 22.2 Å². The number of benzene rings is 1. The molecule has 1 saturated heterocycles. The van der Waals surface area contributed by atoms with Crippen molar-refractivity contribution >= 4 is 45.7 Å². The van der Waals surface area contributed by atoms with Crippen LogP contribution in [0.1, 0.15) is 26.8 Å². The second-order valence-electron chi connectivity index (χ2n) is 6.70. The first kappa shape index (κ1) is 19.8. The van der Waals surface area contributed by atoms with E-state index < -0.39 is 11.5 Å². The van der Waals surface area contributed by atoms with Crippen molar-refractivity contribution in [2.75, 3.05) is 19.4 Å². The second kappa shape index (κ2) is 7.74. The van der Waals surface area contributed by atoms with Crippen LogP contribution in [0.2, 0.25) is 0 Å². The van der Waals surface area contributed by atoms with Crippen molar-refractivity contribution in [3.05, 3.63) is 45.9 Å². The molecule has 1 fully saturated rings. The summed E-state index contributed by atoms with van der Waals surface area (Å²) in [6.07, 6.45) is 0.308. The van der Waals surface area contributed by atoms with E-state index in [1.165, 1.54) is 11.8 Å². The van der Waals surface area contributed by atoms with Crippen LogP contribution in [0.5, 0.6) is 5.75 Å². The average Bonchev–Trinajstić information content (AvgIpc) is 3.34. The number of Topliss-reactive ketones (excluding diaryl/α,β-unsaturated/α-hetero) is 1. The summed E-state index contributed by atoms with van der Waals surface area (Å²) in [7, 11) is 1.60. The van der Waals surface area contributed by atoms with Crippen molar-refractivity contribution < 1.29 is 19.4 Å². The van der Waals surface area contributed by atoms with Crippen LogP contribution in [0.4, 0.5) is 0 Å². The van der Waals surface area contributed by atoms with Gasteiger partial charge in [-0.2, -0.15) is 0 Å². The summed E-state index contributed by atoms with van der Waals surface area (Å²) in [5, 5.41) is 14.8. The summed E-state index contributed by atoms with van der Waals surface area (Å²) in [5.74, 6) is 1.02. The van der Waals surface area contributed by atoms with Gasteiger partial charge in [0.25, 0.3) is 5.91 Å². The SMILES string of the molecule is COc1ccc2nc(C)nc(SCC(=O)c3ccc(C4(O)CCNC4=O)s3)c2c1. The van der Waals surface area contributed by atoms with Gasteiger partial charge in [-0.05, 0) is 37.3 Å². The van der Waals surface area contributed by atoms with Gasteiger partial charge in [-0.1, -0.05) is 11.8 Å². The Labute approximate surface area is 175 Å². The molecule has 1 atom stereocenters. The molecule has 0 aliphatic carbocycles. The highest BCUT2D eigenvalue weighted by Crippen LogP contribution is 2.35. The molecule has 29 heavy (non-hydrogen) atoms. The van der Waals surface area contributed by atoms with Gasteiger partial charge in [0.1, 0.15) is 16.6 Å². The number of rotatable bonds is 6. The number of methoxy groups -OCH3 is 1. The molecule has 0 radical (unpaired) electrons. The number of hydrogen-bond donors (Lipinski definition) is 2. The van der Waals surface area contributed by atoms with E-state index >= 15 is 0 Å². The molecule has 3 aromatic rings. The smallest absolute Gasteiger partial charge is 0.257 e. The van der Waals surface area contributed by atoms with E-state index in [9.17, 15) is 14.7 Å². The van der Waals surface area contributed by atoms with Gasteiger partial charge in [-0.15, -0.1) is 11.3 Å². The van der Waals surface area contributed by atoms with Gasteiger partial charge < -0.3 is 15.2 Å². The van der Waals surface area contributed by atoms with E-state index in [0.29, 0.717) is 39.3 Å². The number of aliphatic hydroxyl groups is 1. The lowest BCUT2D eigenvalue weighted by Crippen LogP contribution is -2.34. The van der Waals surface area contributed by atoms with Gasteiger partial charge in [0.15, 0.2) is 11.4 Å². The lowest BCUT2D eigenvalue weighted by molar-refractivity contribution is -0.135. The van der Waals surface area contributed by atoms with Gasteiger partial charge in [0.05, 0.1) is 23.3 Å². The van der Waals surface area contributed by atoms with Crippen LogP contribution >= 0.6 is 23.1 Å². The molecule has 150 valence electrons. The number of carbonyl (C=O) groups excluding carboxylic acids is 2. The van der Waals surface area contributed by atoms with E-state index in [1.54, 1.807) is 19.2 Å². The first-order valence-electron chi connectivity index (χ1n) is 9.00. The number of nitrogens with one attached hydrogen (secondary N) is 1. The van der Waals surface area contributed by atoms with Gasteiger partial charge in [-0.3, -0.25) is 9.59 Å². The van der Waals surface area contributed by atoms with Crippen LogP contribution in [0.25, 0.3) is 10.9 Å². The van der Waals surface area contributed by atoms with Gasteiger partial charge in [0.2, 0.25) is 0 Å². The molecular formula is C20H19N3O4S2. The maximum atomic E-state index is 12.7. The van der Waals surface area contributed by atoms with Crippen molar-refractivity contribution in [1.82, 2.24) is 15.3 Å². The fourth-order valence-corrected chi connectivity index (χ4v) is 5.28. The Bertz CT molecular complexity index is 1110. The summed E-state index contributed by atoms with van der Waals surface area (Å²) < 4.78 is 5.29. The standard InChI is InChI=1S/C20H19N3O4S2/c1-11-22-14-4-3-12(27-2)9-13(14)18(23-11)28-10-15(24)16-5-6-17(29-16)20(26)7-8-21-19(20)25/h3-6,9,26H,7-8,10H2,1-2H3,(H,21,25). The van der Waals surface area contributed by atoms with E-state index in [2.05, 4.69) is 15.3 Å². The highest BCUT2D eigenvalue weighted by molar-refractivity contribution is 8.00. The van der Waals surface area contributed by atoms with Crippen molar-refractivity contribution in [2.24, 2.45) is 0 Å². The number of thiophene rings is 1. The topological polar surface area (TPSA) is 101 Å². The van der Waals surface area contributed by atoms with Crippen LogP contribution in [0.15, 0.2) is 35.4 Å². The highest BCUT2D eigenvalue weighted by Gasteiger charge is 2.43. The zero-order chi connectivity index (χ0) is 20.6. The molecule has 1 amide bonds. The Kier molecular flexibility index (Phi) is 5.28. The van der Waals surface area contributed by atoms with E-state index in [-0.39, 0.29) is 11.5 Å². The number of amides is 1. The minimum atomic E-state index is -1.53. The fourth-order valence-electron chi connectivity index (χ4n) is 3.19. The summed E-state index contributed by atoms with van der Waals surface area (Å²) in [5.41, 5.74) is -0.742. The molecule has 2 N–H and O–H groups in total. The molecular weight excluding hydrogens is 410 g/mol. The maximum Gasteiger partial charge on any atom is 0.257 e. The molecule has 7 nitrogen and oxygen atoms in total. The van der Waals surface area contributed by atoms with Crippen molar-refractivity contribution in [1.29, 1.82) is 0 Å². The van der Waals surface area contributed by atoms with Crippen molar-refractivity contribution in [3.8, 4) is 5.75 Å². The minimum Gasteiger partial charge on any atom is -0.497 e. The third-order valence-electron chi connectivity index (χ3n) is 4.76. The number of hydrogen-bond acceptors (Lipinski definition) is 8. The van der Waals surface area contributed by atoms with Crippen LogP contribution < -0.4 is 10.1 Å². The van der Waals surface area contributed by atoms with E-state index in [1.807, 2.05) is 25.1 Å². The fraction of sp³-hybridized carbons (Fsp3) is 0.300. The molecule has 1 aromatic carbocycles. The van der Waals surface area contributed by atoms with Crippen LogP contribution in [0, 0.1) is 6.92 Å². The van der Waals surface area contributed by atoms with Gasteiger partial charge in [0, 0.05) is 23.2 Å². The number of nitrogens with zero attached hydrogens (tertiary/aromatic N) is 2. The molecule has 1 unspecified atom stereocenters. The number of carbonyl (C=O) groups is 2. The van der Waals surface area contributed by atoms with Crippen molar-refractivity contribution in [3.63, 3.8) is 0 Å². The third kappa shape index (κ3) is 3.73. The lowest BCUT2D eigenvalue weighted by atomic mass is 10.0. The first-order chi connectivity index (χ1) is 13.9. The normalized spacial score (nSPS) is 18.8. The predicted octanol–water partition coefficient (Wildman–Crippen LogP) is 2.69. The van der Waals surface area contributed by atoms with E-state index in [4.69, 9.17) is 4.74 Å². The quantitative estimate of drug-likeness (QED) is 0.353. The monoisotopic (exact) mass is 429 g/mol. The zero-order valence-electron chi connectivity index (χ0n) is 15.9. The molecule has 3 heterocycles. The lowest BCUT2D eigenvalue weighted by Gasteiger charge is -2.16. The molecule has 9 heteroatoms. The summed E-state index contributed by atoms with van der Waals surface area (Å²) in [6.45, 7) is 2.24. The first-order valence-corrected chi connectivity index (χ1v) is 10.8. The Morgan fingerprint density at radius 1 is 1.34 bits per heavy atom. The second-order valence-corrected chi connectivity index (χ2v) is 8.75. The summed E-state index contributed by atoms with van der Waals surface area (Å²) >= 11 is 2.50. The highest BCUT2D eigenvalue weighted by atomic mass is 32.2. The van der Waals surface area contributed by atoms with Crippen LogP contribution in [0.3, 0.4) is 0 Å². The molecule has 0 bridgehead atoms. The summed E-state index contributed by atoms with van der Waals surface area (Å²) in [6, 6.07) is 8.89. The Balaban J connectivity index is 1.54. The number of ether oxygens (including phenoxy) is 1.